The number of primary amides is 1. The van der Waals surface area contributed by atoms with Crippen LogP contribution < -0.4 is 22.1 Å². The van der Waals surface area contributed by atoms with Crippen molar-refractivity contribution in [1.29, 1.82) is 0 Å². The van der Waals surface area contributed by atoms with Gasteiger partial charge < -0.3 is 10.8 Å². The summed E-state index contributed by atoms with van der Waals surface area (Å²) in [5, 5.41) is 8.92. The van der Waals surface area contributed by atoms with Crippen LogP contribution in [0.4, 0.5) is 10.5 Å². The first-order valence-corrected chi connectivity index (χ1v) is 3.33. The zero-order valence-electron chi connectivity index (χ0n) is 6.50. The number of anilines is 1. The number of aromatic hydroxyl groups is 1. The fourth-order valence-electron chi connectivity index (χ4n) is 0.735. The molecular weight excluding hydrogens is 176 g/mol. The van der Waals surface area contributed by atoms with Gasteiger partial charge in [0.05, 0.1) is 5.69 Å². The molecule has 0 saturated heterocycles. The van der Waals surface area contributed by atoms with Gasteiger partial charge in [0, 0.05) is 12.1 Å². The molecule has 7 heteroatoms. The molecule has 1 heterocycles. The maximum atomic E-state index is 10.8. The Morgan fingerprint density at radius 2 is 2.23 bits per heavy atom. The fourth-order valence-corrected chi connectivity index (χ4v) is 0.735. The van der Waals surface area contributed by atoms with Crippen LogP contribution in [0.5, 0.6) is 5.88 Å². The number of carbonyl (C=O) groups excluding carboxylic acids is 1. The molecule has 0 aliphatic carbocycles. The number of hydrogen-bond acceptors (Lipinski definition) is 4. The summed E-state index contributed by atoms with van der Waals surface area (Å²) >= 11 is 0. The highest BCUT2D eigenvalue weighted by atomic mass is 16.3. The van der Waals surface area contributed by atoms with Gasteiger partial charge in [-0.3, -0.25) is 20.6 Å². The molecule has 0 aromatic carbocycles. The average molecular weight is 184 g/mol. The number of carbonyl (C=O) groups is 1. The molecule has 0 radical (unpaired) electrons. The molecule has 0 spiro atoms. The SMILES string of the molecule is NC(=O)NNc1cc(O)[nH]c(=O)c1. The highest BCUT2D eigenvalue weighted by Crippen LogP contribution is 2.07. The third kappa shape index (κ3) is 2.73. The lowest BCUT2D eigenvalue weighted by Gasteiger charge is -2.04. The molecular formula is C6H8N4O3. The number of H-pyrrole nitrogens is 1. The van der Waals surface area contributed by atoms with Gasteiger partial charge in [-0.05, 0) is 0 Å². The summed E-state index contributed by atoms with van der Waals surface area (Å²) in [6.07, 6.45) is 0. The van der Waals surface area contributed by atoms with E-state index in [4.69, 9.17) is 10.8 Å². The van der Waals surface area contributed by atoms with Crippen molar-refractivity contribution in [3.63, 3.8) is 0 Å². The smallest absolute Gasteiger partial charge is 0.330 e. The van der Waals surface area contributed by atoms with Gasteiger partial charge in [-0.2, -0.15) is 0 Å². The molecule has 1 aromatic heterocycles. The molecule has 0 bridgehead atoms. The number of nitrogens with two attached hydrogens (primary N) is 1. The predicted octanol–water partition coefficient (Wildman–Crippen LogP) is -0.924. The lowest BCUT2D eigenvalue weighted by molar-refractivity contribution is 0.250. The third-order valence-corrected chi connectivity index (χ3v) is 1.16. The Morgan fingerprint density at radius 3 is 2.77 bits per heavy atom. The van der Waals surface area contributed by atoms with Gasteiger partial charge in [-0.15, -0.1) is 0 Å². The normalized spacial score (nSPS) is 9.23. The monoisotopic (exact) mass is 184 g/mol. The zero-order chi connectivity index (χ0) is 9.84. The van der Waals surface area contributed by atoms with Crippen LogP contribution in [-0.2, 0) is 0 Å². The van der Waals surface area contributed by atoms with E-state index in [0.717, 1.165) is 6.07 Å². The molecule has 0 atom stereocenters. The molecule has 0 saturated carbocycles. The van der Waals surface area contributed by atoms with Gasteiger partial charge in [0.1, 0.15) is 0 Å². The lowest BCUT2D eigenvalue weighted by Crippen LogP contribution is -2.34. The largest absolute Gasteiger partial charge is 0.494 e. The number of aromatic nitrogens is 1. The molecule has 1 rings (SSSR count). The van der Waals surface area contributed by atoms with Crippen molar-refractivity contribution >= 4 is 11.7 Å². The third-order valence-electron chi connectivity index (χ3n) is 1.16. The molecule has 13 heavy (non-hydrogen) atoms. The standard InChI is InChI=1S/C6H8N4O3/c7-6(13)10-9-3-1-4(11)8-5(12)2-3/h1-2H,(H3,7,10,13)(H3,8,9,11,12). The van der Waals surface area contributed by atoms with E-state index in [2.05, 4.69) is 10.4 Å². The van der Waals surface area contributed by atoms with Gasteiger partial charge in [0.2, 0.25) is 0 Å². The predicted molar refractivity (Wildman–Crippen MR) is 45.1 cm³/mol. The highest BCUT2D eigenvalue weighted by molar-refractivity contribution is 5.73. The Morgan fingerprint density at radius 1 is 1.54 bits per heavy atom. The summed E-state index contributed by atoms with van der Waals surface area (Å²) in [6.45, 7) is 0. The molecule has 7 nitrogen and oxygen atoms in total. The number of hydrazine groups is 1. The van der Waals surface area contributed by atoms with Crippen LogP contribution in [0.1, 0.15) is 0 Å². The Hall–Kier alpha value is -2.18. The second-order valence-corrected chi connectivity index (χ2v) is 2.23. The first-order chi connectivity index (χ1) is 6.08. The molecule has 70 valence electrons. The van der Waals surface area contributed by atoms with E-state index in [-0.39, 0.29) is 11.6 Å². The van der Waals surface area contributed by atoms with Gasteiger partial charge in [0.25, 0.3) is 5.56 Å². The van der Waals surface area contributed by atoms with Gasteiger partial charge in [-0.1, -0.05) is 0 Å². The minimum Gasteiger partial charge on any atom is -0.494 e. The van der Waals surface area contributed by atoms with E-state index in [0.29, 0.717) is 0 Å². The van der Waals surface area contributed by atoms with Crippen molar-refractivity contribution in [3.8, 4) is 5.88 Å². The van der Waals surface area contributed by atoms with E-state index in [1.54, 1.807) is 0 Å². The van der Waals surface area contributed by atoms with Crippen molar-refractivity contribution in [3.05, 3.63) is 22.5 Å². The minimum atomic E-state index is -0.792. The van der Waals surface area contributed by atoms with E-state index in [9.17, 15) is 9.59 Å². The molecule has 0 unspecified atom stereocenters. The van der Waals surface area contributed by atoms with Crippen LogP contribution in [0.3, 0.4) is 0 Å². The number of urea groups is 1. The second kappa shape index (κ2) is 3.48. The first-order valence-electron chi connectivity index (χ1n) is 3.33. The fraction of sp³-hybridized carbons (Fsp3) is 0. The van der Waals surface area contributed by atoms with Crippen LogP contribution >= 0.6 is 0 Å². The van der Waals surface area contributed by atoms with E-state index in [1.165, 1.54) is 6.07 Å². The Bertz CT molecular complexity index is 372. The topological polar surface area (TPSA) is 120 Å². The Balaban J connectivity index is 2.77. The van der Waals surface area contributed by atoms with Crippen molar-refractivity contribution in [2.75, 3.05) is 5.43 Å². The van der Waals surface area contributed by atoms with Crippen LogP contribution in [0.2, 0.25) is 0 Å². The summed E-state index contributed by atoms with van der Waals surface area (Å²) in [5.74, 6) is -0.304. The molecule has 1 aromatic rings. The number of aromatic amines is 1. The summed E-state index contributed by atoms with van der Waals surface area (Å²) < 4.78 is 0. The minimum absolute atomic E-state index is 0.236. The Labute approximate surface area is 72.5 Å². The van der Waals surface area contributed by atoms with Crippen LogP contribution in [0.25, 0.3) is 0 Å². The molecule has 0 fully saturated rings. The van der Waals surface area contributed by atoms with E-state index >= 15 is 0 Å². The number of hydrogen-bond donors (Lipinski definition) is 5. The summed E-state index contributed by atoms with van der Waals surface area (Å²) in [6, 6.07) is 1.58. The van der Waals surface area contributed by atoms with E-state index < -0.39 is 11.6 Å². The van der Waals surface area contributed by atoms with Crippen LogP contribution in [-0.4, -0.2) is 16.1 Å². The van der Waals surface area contributed by atoms with Crippen molar-refractivity contribution < 1.29 is 9.90 Å². The lowest BCUT2D eigenvalue weighted by atomic mass is 10.4. The summed E-state index contributed by atoms with van der Waals surface area (Å²) in [7, 11) is 0. The van der Waals surface area contributed by atoms with Gasteiger partial charge >= 0.3 is 6.03 Å². The molecule has 6 N–H and O–H groups in total. The number of rotatable bonds is 2. The van der Waals surface area contributed by atoms with Crippen molar-refractivity contribution in [2.24, 2.45) is 5.73 Å². The van der Waals surface area contributed by atoms with Crippen molar-refractivity contribution in [1.82, 2.24) is 10.4 Å². The van der Waals surface area contributed by atoms with Gasteiger partial charge in [0.15, 0.2) is 5.88 Å². The first kappa shape index (κ1) is 8.91. The van der Waals surface area contributed by atoms with Crippen LogP contribution in [0, 0.1) is 0 Å². The molecule has 0 aliphatic heterocycles. The zero-order valence-corrected chi connectivity index (χ0v) is 6.50. The summed E-state index contributed by atoms with van der Waals surface area (Å²) in [4.78, 5) is 23.1. The van der Waals surface area contributed by atoms with Crippen molar-refractivity contribution in [2.45, 2.75) is 0 Å². The Kier molecular flexibility index (Phi) is 2.38. The number of pyridine rings is 1. The van der Waals surface area contributed by atoms with Gasteiger partial charge in [-0.25, -0.2) is 4.79 Å². The molecule has 2 amide bonds. The maximum absolute atomic E-state index is 10.8. The highest BCUT2D eigenvalue weighted by Gasteiger charge is 1.97. The quantitative estimate of drug-likeness (QED) is 0.381. The maximum Gasteiger partial charge on any atom is 0.330 e. The number of amides is 2. The second-order valence-electron chi connectivity index (χ2n) is 2.23. The van der Waals surface area contributed by atoms with E-state index in [1.807, 2.05) is 5.43 Å². The number of nitrogens with one attached hydrogen (secondary N) is 3. The summed E-state index contributed by atoms with van der Waals surface area (Å²) in [5.41, 5.74) is 8.86. The molecule has 0 aliphatic rings. The van der Waals surface area contributed by atoms with Crippen LogP contribution in [0.15, 0.2) is 16.9 Å². The average Bonchev–Trinajstić information content (AvgIpc) is 1.99.